The molecule has 296 valence electrons. The van der Waals surface area contributed by atoms with Gasteiger partial charge in [-0.25, -0.2) is 0 Å². The molecule has 0 aliphatic rings. The van der Waals surface area contributed by atoms with Crippen LogP contribution in [-0.2, 0) is 18.4 Å². The molecule has 0 aromatic heterocycles. The molecule has 0 aliphatic carbocycles. The van der Waals surface area contributed by atoms with Crippen LogP contribution in [-0.4, -0.2) is 68.5 Å². The van der Waals surface area contributed by atoms with Crippen LogP contribution in [0.1, 0.15) is 181 Å². The summed E-state index contributed by atoms with van der Waals surface area (Å²) in [6.45, 7) is 4.57. The third-order valence-corrected chi connectivity index (χ3v) is 10.1. The van der Waals surface area contributed by atoms with Crippen molar-refractivity contribution >= 4 is 13.7 Å². The minimum Gasteiger partial charge on any atom is -0.756 e. The van der Waals surface area contributed by atoms with Crippen LogP contribution < -0.4 is 10.2 Å². The Bertz CT molecular complexity index is 876. The van der Waals surface area contributed by atoms with Crippen molar-refractivity contribution in [3.05, 3.63) is 24.3 Å². The Labute approximate surface area is 309 Å². The van der Waals surface area contributed by atoms with Crippen LogP contribution in [0, 0.1) is 0 Å². The van der Waals surface area contributed by atoms with E-state index < -0.39 is 20.0 Å². The molecule has 50 heavy (non-hydrogen) atoms. The van der Waals surface area contributed by atoms with Crippen LogP contribution in [0.3, 0.4) is 0 Å². The molecule has 0 saturated carbocycles. The van der Waals surface area contributed by atoms with Crippen molar-refractivity contribution in [2.45, 2.75) is 193 Å². The molecule has 0 fully saturated rings. The van der Waals surface area contributed by atoms with Gasteiger partial charge in [-0.05, 0) is 32.1 Å². The van der Waals surface area contributed by atoms with Gasteiger partial charge in [-0.2, -0.15) is 0 Å². The predicted molar refractivity (Wildman–Crippen MR) is 210 cm³/mol. The number of aliphatic hydroxyl groups is 1. The fourth-order valence-corrected chi connectivity index (χ4v) is 6.54. The smallest absolute Gasteiger partial charge is 0.268 e. The lowest BCUT2D eigenvalue weighted by molar-refractivity contribution is -0.870. The topological polar surface area (TPSA) is 108 Å². The summed E-state index contributed by atoms with van der Waals surface area (Å²) < 4.78 is 23.1. The fourth-order valence-electron chi connectivity index (χ4n) is 5.81. The second-order valence-electron chi connectivity index (χ2n) is 15.3. The van der Waals surface area contributed by atoms with Gasteiger partial charge in [0.1, 0.15) is 13.2 Å². The highest BCUT2D eigenvalue weighted by Crippen LogP contribution is 2.38. The quantitative estimate of drug-likeness (QED) is 0.0285. The molecule has 3 atom stereocenters. The van der Waals surface area contributed by atoms with Crippen molar-refractivity contribution < 1.29 is 32.9 Å². The number of nitrogens with zero attached hydrogens (tertiary/aromatic N) is 1. The number of quaternary nitrogens is 1. The Morgan fingerprint density at radius 2 is 1.12 bits per heavy atom. The largest absolute Gasteiger partial charge is 0.756 e. The molecule has 0 rings (SSSR count). The van der Waals surface area contributed by atoms with Crippen molar-refractivity contribution in [3.63, 3.8) is 0 Å². The molecule has 0 aromatic carbocycles. The minimum absolute atomic E-state index is 0.00484. The zero-order chi connectivity index (χ0) is 37.2. The minimum atomic E-state index is -4.58. The Kier molecular flexibility index (Phi) is 33.1. The number of rotatable bonds is 37. The molecule has 0 heterocycles. The number of hydrogen-bond donors (Lipinski definition) is 2. The lowest BCUT2D eigenvalue weighted by Gasteiger charge is -2.29. The van der Waals surface area contributed by atoms with Gasteiger partial charge in [0.05, 0.1) is 39.9 Å². The van der Waals surface area contributed by atoms with Gasteiger partial charge < -0.3 is 28.8 Å². The zero-order valence-electron chi connectivity index (χ0n) is 33.4. The summed E-state index contributed by atoms with van der Waals surface area (Å²) in [6.07, 6.45) is 38.1. The van der Waals surface area contributed by atoms with Gasteiger partial charge in [0.25, 0.3) is 7.82 Å². The van der Waals surface area contributed by atoms with Gasteiger partial charge in [0.15, 0.2) is 0 Å². The van der Waals surface area contributed by atoms with Crippen LogP contribution in [0.2, 0.25) is 0 Å². The fraction of sp³-hybridized carbons (Fsp3) is 0.878. The van der Waals surface area contributed by atoms with Gasteiger partial charge in [-0.15, -0.1) is 0 Å². The first-order valence-corrected chi connectivity index (χ1v) is 22.2. The van der Waals surface area contributed by atoms with Crippen LogP contribution in [0.15, 0.2) is 24.3 Å². The number of phosphoric ester groups is 1. The van der Waals surface area contributed by atoms with E-state index in [0.717, 1.165) is 38.5 Å². The van der Waals surface area contributed by atoms with E-state index in [1.165, 1.54) is 122 Å². The predicted octanol–water partition coefficient (Wildman–Crippen LogP) is 10.3. The maximum atomic E-state index is 12.8. The van der Waals surface area contributed by atoms with Crippen molar-refractivity contribution in [1.29, 1.82) is 0 Å². The number of nitrogens with one attached hydrogen (secondary N) is 1. The molecule has 0 spiro atoms. The maximum Gasteiger partial charge on any atom is 0.268 e. The first kappa shape index (κ1) is 49.0. The first-order chi connectivity index (χ1) is 24.0. The van der Waals surface area contributed by atoms with Crippen LogP contribution in [0.25, 0.3) is 0 Å². The van der Waals surface area contributed by atoms with Crippen LogP contribution in [0.4, 0.5) is 0 Å². The number of carbonyl (C=O) groups excluding carboxylic acids is 1. The van der Waals surface area contributed by atoms with E-state index in [1.54, 1.807) is 6.08 Å². The third kappa shape index (κ3) is 35.4. The number of unbranched alkanes of at least 4 members (excludes halogenated alkanes) is 22. The summed E-state index contributed by atoms with van der Waals surface area (Å²) in [6, 6.07) is -0.895. The Hall–Kier alpha value is -1.02. The van der Waals surface area contributed by atoms with E-state index in [0.29, 0.717) is 17.4 Å². The summed E-state index contributed by atoms with van der Waals surface area (Å²) in [4.78, 5) is 25.2. The van der Waals surface area contributed by atoms with Crippen molar-refractivity contribution in [2.75, 3.05) is 40.9 Å². The average Bonchev–Trinajstić information content (AvgIpc) is 3.06. The van der Waals surface area contributed by atoms with Gasteiger partial charge >= 0.3 is 0 Å². The Balaban J connectivity index is 4.32. The van der Waals surface area contributed by atoms with E-state index in [2.05, 4.69) is 31.3 Å². The SMILES string of the molecule is CCCCC/C=C/CC/C=C/[C@@H](O)[C@H](COP(=O)([O-])OCC[N+](C)(C)C)NC(=O)CCCCCCCCCCCCCCCCCCCCC. The molecule has 8 nitrogen and oxygen atoms in total. The maximum absolute atomic E-state index is 12.8. The second kappa shape index (κ2) is 33.8. The molecular weight excluding hydrogens is 647 g/mol. The molecule has 0 aliphatic heterocycles. The number of carbonyl (C=O) groups is 1. The van der Waals surface area contributed by atoms with E-state index in [4.69, 9.17) is 9.05 Å². The van der Waals surface area contributed by atoms with Crippen LogP contribution in [0.5, 0.6) is 0 Å². The normalized spacial score (nSPS) is 14.8. The number of aliphatic hydroxyl groups excluding tert-OH is 1. The van der Waals surface area contributed by atoms with E-state index in [9.17, 15) is 19.4 Å². The number of amides is 1. The number of allylic oxidation sites excluding steroid dienone is 3. The molecule has 2 N–H and O–H groups in total. The summed E-state index contributed by atoms with van der Waals surface area (Å²) in [5, 5.41) is 13.6. The van der Waals surface area contributed by atoms with Crippen molar-refractivity contribution in [3.8, 4) is 0 Å². The highest BCUT2D eigenvalue weighted by atomic mass is 31.2. The molecular formula is C41H81N2O6P. The lowest BCUT2D eigenvalue weighted by Crippen LogP contribution is -2.45. The summed E-state index contributed by atoms with van der Waals surface area (Å²) in [5.41, 5.74) is 0. The number of likely N-dealkylation sites (N-methyl/N-ethyl adjacent to an activating group) is 1. The van der Waals surface area contributed by atoms with Gasteiger partial charge in [-0.1, -0.05) is 167 Å². The first-order valence-electron chi connectivity index (χ1n) is 20.7. The molecule has 1 unspecified atom stereocenters. The van der Waals surface area contributed by atoms with E-state index in [-0.39, 0.29) is 19.1 Å². The second-order valence-corrected chi connectivity index (χ2v) is 16.8. The molecule has 9 heteroatoms. The Morgan fingerprint density at radius 3 is 1.62 bits per heavy atom. The molecule has 0 saturated heterocycles. The average molecular weight is 729 g/mol. The summed E-state index contributed by atoms with van der Waals surface area (Å²) in [7, 11) is 1.24. The highest BCUT2D eigenvalue weighted by Gasteiger charge is 2.23. The van der Waals surface area contributed by atoms with Gasteiger partial charge in [0, 0.05) is 6.42 Å². The van der Waals surface area contributed by atoms with E-state index in [1.807, 2.05) is 27.2 Å². The number of phosphoric acid groups is 1. The van der Waals surface area contributed by atoms with Crippen LogP contribution >= 0.6 is 7.82 Å². The monoisotopic (exact) mass is 729 g/mol. The summed E-state index contributed by atoms with van der Waals surface area (Å²) >= 11 is 0. The molecule has 0 aromatic rings. The molecule has 1 amide bonds. The molecule has 0 radical (unpaired) electrons. The van der Waals surface area contributed by atoms with Crippen molar-refractivity contribution in [1.82, 2.24) is 5.32 Å². The zero-order valence-corrected chi connectivity index (χ0v) is 34.2. The number of hydrogen-bond acceptors (Lipinski definition) is 6. The Morgan fingerprint density at radius 1 is 0.680 bits per heavy atom. The standard InChI is InChI=1S/C41H81N2O6P/c1-6-8-10-12-14-16-17-18-19-20-21-22-23-24-25-27-29-31-33-35-41(45)42-39(38-49-50(46,47)48-37-36-43(3,4)5)40(44)34-32-30-28-26-15-13-11-9-7-2/h15,26,32,34,39-40,44H,6-14,16-25,27-31,33,35-38H2,1-5H3,(H-,42,45,46,47)/b26-15+,34-32+/t39-,40+/m0/s1. The molecule has 0 bridgehead atoms. The summed E-state index contributed by atoms with van der Waals surface area (Å²) in [5.74, 6) is -0.209. The van der Waals surface area contributed by atoms with Gasteiger partial charge in [-0.3, -0.25) is 9.36 Å². The van der Waals surface area contributed by atoms with Crippen molar-refractivity contribution in [2.24, 2.45) is 0 Å². The third-order valence-electron chi connectivity index (χ3n) is 9.16. The van der Waals surface area contributed by atoms with E-state index >= 15 is 0 Å². The van der Waals surface area contributed by atoms with Gasteiger partial charge in [0.2, 0.25) is 5.91 Å². The lowest BCUT2D eigenvalue weighted by atomic mass is 10.0. The highest BCUT2D eigenvalue weighted by molar-refractivity contribution is 7.45.